The summed E-state index contributed by atoms with van der Waals surface area (Å²) in [6.07, 6.45) is 6.92. The molecule has 0 aromatic carbocycles. The lowest BCUT2D eigenvalue weighted by Gasteiger charge is -2.19. The molecule has 21 heavy (non-hydrogen) atoms. The SMILES string of the molecule is CC(C)(C)OCCCCCOCCCCCOC(C)(C)C. The molecule has 0 aliphatic heterocycles. The van der Waals surface area contributed by atoms with E-state index < -0.39 is 0 Å². The number of ether oxygens (including phenoxy) is 3. The van der Waals surface area contributed by atoms with E-state index in [0.29, 0.717) is 0 Å². The van der Waals surface area contributed by atoms with Gasteiger partial charge in [0.05, 0.1) is 11.2 Å². The lowest BCUT2D eigenvalue weighted by Crippen LogP contribution is -2.19. The van der Waals surface area contributed by atoms with Gasteiger partial charge in [0.1, 0.15) is 0 Å². The van der Waals surface area contributed by atoms with Crippen LogP contribution in [-0.4, -0.2) is 37.6 Å². The molecule has 128 valence electrons. The fourth-order valence-electron chi connectivity index (χ4n) is 1.82. The van der Waals surface area contributed by atoms with Gasteiger partial charge in [-0.25, -0.2) is 0 Å². The summed E-state index contributed by atoms with van der Waals surface area (Å²) in [7, 11) is 0. The van der Waals surface area contributed by atoms with Crippen molar-refractivity contribution in [1.29, 1.82) is 0 Å². The molecule has 0 aliphatic carbocycles. The van der Waals surface area contributed by atoms with Crippen LogP contribution in [0, 0.1) is 0 Å². The van der Waals surface area contributed by atoms with Gasteiger partial charge in [-0.2, -0.15) is 0 Å². The predicted molar refractivity (Wildman–Crippen MR) is 89.9 cm³/mol. The molecule has 0 atom stereocenters. The first-order valence-electron chi connectivity index (χ1n) is 8.56. The summed E-state index contributed by atoms with van der Waals surface area (Å²) in [6.45, 7) is 16.1. The van der Waals surface area contributed by atoms with E-state index in [1.54, 1.807) is 0 Å². The highest BCUT2D eigenvalue weighted by atomic mass is 16.5. The molecular weight excluding hydrogens is 264 g/mol. The van der Waals surface area contributed by atoms with E-state index in [0.717, 1.165) is 52.1 Å². The van der Waals surface area contributed by atoms with Crippen molar-refractivity contribution < 1.29 is 14.2 Å². The smallest absolute Gasteiger partial charge is 0.0598 e. The number of rotatable bonds is 12. The van der Waals surface area contributed by atoms with Crippen LogP contribution >= 0.6 is 0 Å². The summed E-state index contributed by atoms with van der Waals surface area (Å²) >= 11 is 0. The fourth-order valence-corrected chi connectivity index (χ4v) is 1.82. The highest BCUT2D eigenvalue weighted by Gasteiger charge is 2.09. The van der Waals surface area contributed by atoms with Crippen LogP contribution in [-0.2, 0) is 14.2 Å². The molecule has 0 radical (unpaired) electrons. The minimum absolute atomic E-state index is 0.00674. The van der Waals surface area contributed by atoms with Crippen molar-refractivity contribution in [3.8, 4) is 0 Å². The van der Waals surface area contributed by atoms with Crippen molar-refractivity contribution in [3.63, 3.8) is 0 Å². The largest absolute Gasteiger partial charge is 0.381 e. The minimum Gasteiger partial charge on any atom is -0.381 e. The van der Waals surface area contributed by atoms with Crippen LogP contribution < -0.4 is 0 Å². The Kier molecular flexibility index (Phi) is 11.4. The Bertz CT molecular complexity index is 202. The molecule has 3 nitrogen and oxygen atoms in total. The van der Waals surface area contributed by atoms with Gasteiger partial charge in [-0.05, 0) is 80.1 Å². The van der Waals surface area contributed by atoms with E-state index in [9.17, 15) is 0 Å². The summed E-state index contributed by atoms with van der Waals surface area (Å²) in [5, 5.41) is 0. The molecule has 0 unspecified atom stereocenters. The van der Waals surface area contributed by atoms with Crippen LogP contribution in [0.4, 0.5) is 0 Å². The zero-order valence-electron chi connectivity index (χ0n) is 15.3. The van der Waals surface area contributed by atoms with Crippen molar-refractivity contribution in [3.05, 3.63) is 0 Å². The molecular formula is C18H38O3. The Labute approximate surface area is 132 Å². The summed E-state index contributed by atoms with van der Waals surface area (Å²) in [4.78, 5) is 0. The average molecular weight is 302 g/mol. The van der Waals surface area contributed by atoms with Gasteiger partial charge >= 0.3 is 0 Å². The van der Waals surface area contributed by atoms with Crippen LogP contribution in [0.2, 0.25) is 0 Å². The molecule has 0 saturated carbocycles. The molecule has 0 fully saturated rings. The Morgan fingerprint density at radius 1 is 0.476 bits per heavy atom. The summed E-state index contributed by atoms with van der Waals surface area (Å²) in [5.41, 5.74) is -0.0135. The normalized spacial score (nSPS) is 12.9. The molecule has 0 aromatic rings. The second-order valence-electron chi connectivity index (χ2n) is 7.66. The lowest BCUT2D eigenvalue weighted by atomic mass is 10.2. The molecule has 3 heteroatoms. The van der Waals surface area contributed by atoms with Crippen molar-refractivity contribution in [1.82, 2.24) is 0 Å². The average Bonchev–Trinajstić information content (AvgIpc) is 2.32. The fraction of sp³-hybridized carbons (Fsp3) is 1.00. The molecule has 0 aliphatic rings. The first kappa shape index (κ1) is 20.9. The van der Waals surface area contributed by atoms with E-state index in [2.05, 4.69) is 41.5 Å². The van der Waals surface area contributed by atoms with E-state index in [-0.39, 0.29) is 11.2 Å². The van der Waals surface area contributed by atoms with E-state index in [1.165, 1.54) is 12.8 Å². The lowest BCUT2D eigenvalue weighted by molar-refractivity contribution is -0.00579. The maximum atomic E-state index is 5.68. The summed E-state index contributed by atoms with van der Waals surface area (Å²) < 4.78 is 17.0. The third kappa shape index (κ3) is 19.9. The third-order valence-corrected chi connectivity index (χ3v) is 2.94. The molecule has 0 aromatic heterocycles. The second kappa shape index (κ2) is 11.4. The quantitative estimate of drug-likeness (QED) is 0.476. The predicted octanol–water partition coefficient (Wildman–Crippen LogP) is 4.97. The Morgan fingerprint density at radius 2 is 0.810 bits per heavy atom. The zero-order valence-corrected chi connectivity index (χ0v) is 15.3. The van der Waals surface area contributed by atoms with E-state index in [4.69, 9.17) is 14.2 Å². The highest BCUT2D eigenvalue weighted by Crippen LogP contribution is 2.09. The molecule has 0 N–H and O–H groups in total. The van der Waals surface area contributed by atoms with Gasteiger partial charge in [0.15, 0.2) is 0 Å². The topological polar surface area (TPSA) is 27.7 Å². The number of unbranched alkanes of at least 4 members (excludes halogenated alkanes) is 4. The van der Waals surface area contributed by atoms with Gasteiger partial charge in [-0.1, -0.05) is 0 Å². The Morgan fingerprint density at radius 3 is 1.14 bits per heavy atom. The molecule has 0 saturated heterocycles. The van der Waals surface area contributed by atoms with Gasteiger partial charge in [-0.3, -0.25) is 0 Å². The van der Waals surface area contributed by atoms with Gasteiger partial charge < -0.3 is 14.2 Å². The standard InChI is InChI=1S/C18H38O3/c1-17(2,3)20-15-11-7-9-13-19-14-10-8-12-16-21-18(4,5)6/h7-16H2,1-6H3. The van der Waals surface area contributed by atoms with Gasteiger partial charge in [0.2, 0.25) is 0 Å². The van der Waals surface area contributed by atoms with Crippen molar-refractivity contribution in [2.24, 2.45) is 0 Å². The number of hydrogen-bond acceptors (Lipinski definition) is 3. The molecule has 0 spiro atoms. The monoisotopic (exact) mass is 302 g/mol. The molecule has 0 heterocycles. The second-order valence-corrected chi connectivity index (χ2v) is 7.66. The maximum Gasteiger partial charge on any atom is 0.0598 e. The Balaban J connectivity index is 3.10. The first-order valence-corrected chi connectivity index (χ1v) is 8.56. The van der Waals surface area contributed by atoms with Crippen LogP contribution in [0.25, 0.3) is 0 Å². The molecule has 0 bridgehead atoms. The van der Waals surface area contributed by atoms with Crippen LogP contribution in [0.15, 0.2) is 0 Å². The third-order valence-electron chi connectivity index (χ3n) is 2.94. The molecule has 0 rings (SSSR count). The van der Waals surface area contributed by atoms with Gasteiger partial charge in [-0.15, -0.1) is 0 Å². The van der Waals surface area contributed by atoms with E-state index >= 15 is 0 Å². The summed E-state index contributed by atoms with van der Waals surface area (Å²) in [5.74, 6) is 0. The van der Waals surface area contributed by atoms with Crippen molar-refractivity contribution >= 4 is 0 Å². The zero-order chi connectivity index (χ0) is 16.2. The maximum absolute atomic E-state index is 5.68. The van der Waals surface area contributed by atoms with Gasteiger partial charge in [0, 0.05) is 26.4 Å². The van der Waals surface area contributed by atoms with Crippen molar-refractivity contribution in [2.45, 2.75) is 91.3 Å². The van der Waals surface area contributed by atoms with E-state index in [1.807, 2.05) is 0 Å². The number of hydrogen-bond donors (Lipinski definition) is 0. The van der Waals surface area contributed by atoms with Crippen molar-refractivity contribution in [2.75, 3.05) is 26.4 Å². The van der Waals surface area contributed by atoms with Gasteiger partial charge in [0.25, 0.3) is 0 Å². The van der Waals surface area contributed by atoms with Crippen LogP contribution in [0.3, 0.4) is 0 Å². The minimum atomic E-state index is -0.00674. The van der Waals surface area contributed by atoms with Crippen LogP contribution in [0.5, 0.6) is 0 Å². The highest BCUT2D eigenvalue weighted by molar-refractivity contribution is 4.59. The summed E-state index contributed by atoms with van der Waals surface area (Å²) in [6, 6.07) is 0. The van der Waals surface area contributed by atoms with Crippen LogP contribution in [0.1, 0.15) is 80.1 Å². The Hall–Kier alpha value is -0.120. The molecule has 0 amide bonds. The first-order chi connectivity index (χ1) is 9.71.